The Kier molecular flexibility index (Phi) is 4.28. The molecule has 2 rings (SSSR count). The van der Waals surface area contributed by atoms with Gasteiger partial charge in [0, 0.05) is 24.5 Å². The van der Waals surface area contributed by atoms with Crippen molar-refractivity contribution in [2.24, 2.45) is 5.41 Å². The van der Waals surface area contributed by atoms with Gasteiger partial charge in [-0.15, -0.1) is 11.3 Å². The molecule has 0 amide bonds. The number of aromatic nitrogens is 1. The van der Waals surface area contributed by atoms with Crippen LogP contribution in [0.25, 0.3) is 0 Å². The Hall–Kier alpha value is -0.610. The molecule has 0 aliphatic carbocycles. The van der Waals surface area contributed by atoms with Crippen molar-refractivity contribution in [1.82, 2.24) is 10.3 Å². The normalized spacial score (nSPS) is 19.2. The van der Waals surface area contributed by atoms with E-state index in [0.717, 1.165) is 19.5 Å². The first-order valence-corrected chi connectivity index (χ1v) is 7.75. The van der Waals surface area contributed by atoms with Crippen LogP contribution in [0.2, 0.25) is 0 Å². The SMILES string of the molecule is CCc1nc(N2CCCC(C)(C)C2)sc1CNC. The van der Waals surface area contributed by atoms with Crippen LogP contribution in [0.15, 0.2) is 0 Å². The van der Waals surface area contributed by atoms with Crippen LogP contribution in [0.5, 0.6) is 0 Å². The van der Waals surface area contributed by atoms with Gasteiger partial charge in [0.2, 0.25) is 0 Å². The van der Waals surface area contributed by atoms with Crippen molar-refractivity contribution in [2.45, 2.75) is 46.6 Å². The van der Waals surface area contributed by atoms with Gasteiger partial charge >= 0.3 is 0 Å². The summed E-state index contributed by atoms with van der Waals surface area (Å²) >= 11 is 1.87. The maximum Gasteiger partial charge on any atom is 0.185 e. The van der Waals surface area contributed by atoms with E-state index < -0.39 is 0 Å². The molecule has 1 aromatic rings. The van der Waals surface area contributed by atoms with Gasteiger partial charge in [0.1, 0.15) is 0 Å². The van der Waals surface area contributed by atoms with E-state index in [-0.39, 0.29) is 0 Å². The topological polar surface area (TPSA) is 28.2 Å². The zero-order valence-electron chi connectivity index (χ0n) is 12.0. The van der Waals surface area contributed by atoms with Crippen molar-refractivity contribution in [3.05, 3.63) is 10.6 Å². The Balaban J connectivity index is 2.17. The number of thiazole rings is 1. The second-order valence-electron chi connectivity index (χ2n) is 5.94. The molecule has 1 aliphatic rings. The number of anilines is 1. The van der Waals surface area contributed by atoms with Gasteiger partial charge in [-0.1, -0.05) is 20.8 Å². The number of nitrogens with one attached hydrogen (secondary N) is 1. The van der Waals surface area contributed by atoms with Crippen LogP contribution < -0.4 is 10.2 Å². The standard InChI is InChI=1S/C14H25N3S/c1-5-11-12(9-15-4)18-13(16-11)17-8-6-7-14(2,3)10-17/h15H,5-10H2,1-4H3. The summed E-state index contributed by atoms with van der Waals surface area (Å²) in [4.78, 5) is 8.72. The van der Waals surface area contributed by atoms with Gasteiger partial charge in [-0.05, 0) is 31.7 Å². The number of rotatable bonds is 4. The van der Waals surface area contributed by atoms with Gasteiger partial charge in [0.05, 0.1) is 5.69 Å². The first-order chi connectivity index (χ1) is 8.55. The highest BCUT2D eigenvalue weighted by atomic mass is 32.1. The lowest BCUT2D eigenvalue weighted by molar-refractivity contribution is 0.293. The van der Waals surface area contributed by atoms with Crippen molar-refractivity contribution in [2.75, 3.05) is 25.0 Å². The Labute approximate surface area is 115 Å². The molecule has 0 unspecified atom stereocenters. The van der Waals surface area contributed by atoms with E-state index in [1.165, 1.54) is 35.1 Å². The molecule has 2 heterocycles. The number of piperidine rings is 1. The monoisotopic (exact) mass is 267 g/mol. The Morgan fingerprint density at radius 2 is 2.22 bits per heavy atom. The fourth-order valence-electron chi connectivity index (χ4n) is 2.67. The fourth-order valence-corrected chi connectivity index (χ4v) is 3.85. The summed E-state index contributed by atoms with van der Waals surface area (Å²) in [6.45, 7) is 10.2. The van der Waals surface area contributed by atoms with E-state index in [9.17, 15) is 0 Å². The van der Waals surface area contributed by atoms with E-state index >= 15 is 0 Å². The maximum absolute atomic E-state index is 4.84. The molecular weight excluding hydrogens is 242 g/mol. The minimum atomic E-state index is 0.430. The van der Waals surface area contributed by atoms with Crippen LogP contribution >= 0.6 is 11.3 Å². The largest absolute Gasteiger partial charge is 0.348 e. The quantitative estimate of drug-likeness (QED) is 0.909. The number of hydrogen-bond donors (Lipinski definition) is 1. The summed E-state index contributed by atoms with van der Waals surface area (Å²) in [5.74, 6) is 0. The summed E-state index contributed by atoms with van der Waals surface area (Å²) in [5.41, 5.74) is 1.70. The number of aryl methyl sites for hydroxylation is 1. The molecule has 0 radical (unpaired) electrons. The average molecular weight is 267 g/mol. The highest BCUT2D eigenvalue weighted by Crippen LogP contribution is 2.34. The van der Waals surface area contributed by atoms with Crippen molar-refractivity contribution < 1.29 is 0 Å². The van der Waals surface area contributed by atoms with Crippen LogP contribution in [-0.4, -0.2) is 25.1 Å². The van der Waals surface area contributed by atoms with E-state index in [4.69, 9.17) is 4.98 Å². The molecule has 0 bridgehead atoms. The second-order valence-corrected chi connectivity index (χ2v) is 7.00. The third kappa shape index (κ3) is 3.04. The lowest BCUT2D eigenvalue weighted by Gasteiger charge is -2.37. The first-order valence-electron chi connectivity index (χ1n) is 6.94. The van der Waals surface area contributed by atoms with Gasteiger partial charge in [0.25, 0.3) is 0 Å². The number of nitrogens with zero attached hydrogens (tertiary/aromatic N) is 2. The molecule has 102 valence electrons. The maximum atomic E-state index is 4.84. The summed E-state index contributed by atoms with van der Waals surface area (Å²) in [5, 5.41) is 4.47. The third-order valence-corrected chi connectivity index (χ3v) is 4.77. The summed E-state index contributed by atoms with van der Waals surface area (Å²) in [6, 6.07) is 0. The predicted octanol–water partition coefficient (Wildman–Crippen LogP) is 3.05. The number of hydrogen-bond acceptors (Lipinski definition) is 4. The molecule has 0 aromatic carbocycles. The molecule has 4 heteroatoms. The molecule has 1 aromatic heterocycles. The second kappa shape index (κ2) is 5.57. The smallest absolute Gasteiger partial charge is 0.185 e. The Bertz CT molecular complexity index is 398. The van der Waals surface area contributed by atoms with Crippen molar-refractivity contribution in [1.29, 1.82) is 0 Å². The highest BCUT2D eigenvalue weighted by Gasteiger charge is 2.28. The summed E-state index contributed by atoms with van der Waals surface area (Å²) in [7, 11) is 2.00. The van der Waals surface area contributed by atoms with Crippen LogP contribution in [0, 0.1) is 5.41 Å². The van der Waals surface area contributed by atoms with E-state index in [1.807, 2.05) is 18.4 Å². The van der Waals surface area contributed by atoms with Gasteiger partial charge < -0.3 is 10.2 Å². The summed E-state index contributed by atoms with van der Waals surface area (Å²) in [6.07, 6.45) is 3.65. The van der Waals surface area contributed by atoms with Crippen molar-refractivity contribution >= 4 is 16.5 Å². The lowest BCUT2D eigenvalue weighted by Crippen LogP contribution is -2.40. The molecule has 1 fully saturated rings. The summed E-state index contributed by atoms with van der Waals surface area (Å²) < 4.78 is 0. The fraction of sp³-hybridized carbons (Fsp3) is 0.786. The molecule has 1 aliphatic heterocycles. The van der Waals surface area contributed by atoms with E-state index in [1.54, 1.807) is 0 Å². The van der Waals surface area contributed by atoms with Gasteiger partial charge in [-0.25, -0.2) is 4.98 Å². The average Bonchev–Trinajstić information content (AvgIpc) is 2.71. The third-order valence-electron chi connectivity index (χ3n) is 3.61. The zero-order valence-corrected chi connectivity index (χ0v) is 12.9. The van der Waals surface area contributed by atoms with Gasteiger partial charge in [-0.2, -0.15) is 0 Å². The minimum Gasteiger partial charge on any atom is -0.348 e. The Morgan fingerprint density at radius 1 is 1.44 bits per heavy atom. The molecular formula is C14H25N3S. The minimum absolute atomic E-state index is 0.430. The van der Waals surface area contributed by atoms with Crippen LogP contribution in [0.1, 0.15) is 44.2 Å². The Morgan fingerprint density at radius 3 is 2.83 bits per heavy atom. The van der Waals surface area contributed by atoms with Crippen molar-refractivity contribution in [3.63, 3.8) is 0 Å². The molecule has 1 N–H and O–H groups in total. The van der Waals surface area contributed by atoms with Gasteiger partial charge in [-0.3, -0.25) is 0 Å². The zero-order chi connectivity index (χ0) is 13.2. The molecule has 3 nitrogen and oxygen atoms in total. The predicted molar refractivity (Wildman–Crippen MR) is 79.5 cm³/mol. The van der Waals surface area contributed by atoms with Crippen molar-refractivity contribution in [3.8, 4) is 0 Å². The molecule has 18 heavy (non-hydrogen) atoms. The highest BCUT2D eigenvalue weighted by molar-refractivity contribution is 7.15. The molecule has 0 spiro atoms. The van der Waals surface area contributed by atoms with E-state index in [0.29, 0.717) is 5.41 Å². The van der Waals surface area contributed by atoms with Crippen LogP contribution in [-0.2, 0) is 13.0 Å². The first kappa shape index (κ1) is 13.8. The molecule has 1 saturated heterocycles. The van der Waals surface area contributed by atoms with Crippen LogP contribution in [0.4, 0.5) is 5.13 Å². The molecule has 0 atom stereocenters. The van der Waals surface area contributed by atoms with E-state index in [2.05, 4.69) is 31.0 Å². The lowest BCUT2D eigenvalue weighted by atomic mass is 9.84. The van der Waals surface area contributed by atoms with Crippen LogP contribution in [0.3, 0.4) is 0 Å². The van der Waals surface area contributed by atoms with Gasteiger partial charge in [0.15, 0.2) is 5.13 Å². The molecule has 0 saturated carbocycles.